The van der Waals surface area contributed by atoms with Crippen LogP contribution in [-0.2, 0) is 4.79 Å². The second kappa shape index (κ2) is 5.22. The summed E-state index contributed by atoms with van der Waals surface area (Å²) in [6.45, 7) is 1.96. The summed E-state index contributed by atoms with van der Waals surface area (Å²) in [5.41, 5.74) is 0. The summed E-state index contributed by atoms with van der Waals surface area (Å²) < 4.78 is 0. The van der Waals surface area contributed by atoms with Gasteiger partial charge in [-0.25, -0.2) is 0 Å². The molecule has 1 aliphatic carbocycles. The fraction of sp³-hybridized carbons (Fsp3) is 0.900. The molecule has 0 aliphatic heterocycles. The summed E-state index contributed by atoms with van der Waals surface area (Å²) in [6, 6.07) is 0.319. The van der Waals surface area contributed by atoms with Crippen LogP contribution in [0.1, 0.15) is 45.4 Å². The maximum Gasteiger partial charge on any atom is 0.249 e. The first kappa shape index (κ1) is 10.5. The molecule has 1 rings (SSSR count). The van der Waals surface area contributed by atoms with Crippen LogP contribution in [0, 0.1) is 0 Å². The van der Waals surface area contributed by atoms with Crippen molar-refractivity contribution >= 4 is 5.91 Å². The molecule has 1 unspecified atom stereocenters. The maximum atomic E-state index is 11.3. The number of aliphatic hydroxyl groups is 1. The van der Waals surface area contributed by atoms with Gasteiger partial charge in [0.15, 0.2) is 0 Å². The van der Waals surface area contributed by atoms with Gasteiger partial charge in [0.2, 0.25) is 5.91 Å². The number of amides is 1. The van der Waals surface area contributed by atoms with Gasteiger partial charge in [0.05, 0.1) is 0 Å². The Bertz CT molecular complexity index is 164. The van der Waals surface area contributed by atoms with Crippen LogP contribution in [-0.4, -0.2) is 23.2 Å². The smallest absolute Gasteiger partial charge is 0.249 e. The lowest BCUT2D eigenvalue weighted by atomic mass is 10.2. The summed E-state index contributed by atoms with van der Waals surface area (Å²) in [6.07, 6.45) is 5.17. The molecule has 0 saturated heterocycles. The molecule has 76 valence electrons. The molecule has 0 heterocycles. The second-order valence-electron chi connectivity index (χ2n) is 3.79. The number of rotatable bonds is 4. The summed E-state index contributed by atoms with van der Waals surface area (Å²) in [5.74, 6) is -0.186. The van der Waals surface area contributed by atoms with Crippen LogP contribution in [0.3, 0.4) is 0 Å². The van der Waals surface area contributed by atoms with Gasteiger partial charge in [-0.15, -0.1) is 0 Å². The van der Waals surface area contributed by atoms with Crippen molar-refractivity contribution in [3.8, 4) is 0 Å². The van der Waals surface area contributed by atoms with Crippen LogP contribution in [0.4, 0.5) is 0 Å². The molecule has 3 heteroatoms. The van der Waals surface area contributed by atoms with Crippen molar-refractivity contribution < 1.29 is 9.90 Å². The lowest BCUT2D eigenvalue weighted by Gasteiger charge is -2.15. The zero-order valence-corrected chi connectivity index (χ0v) is 8.25. The van der Waals surface area contributed by atoms with Crippen LogP contribution < -0.4 is 5.32 Å². The molecule has 1 amide bonds. The molecule has 1 fully saturated rings. The van der Waals surface area contributed by atoms with Gasteiger partial charge in [-0.1, -0.05) is 26.2 Å². The lowest BCUT2D eigenvalue weighted by molar-refractivity contribution is -0.130. The third-order valence-corrected chi connectivity index (χ3v) is 2.57. The predicted molar refractivity (Wildman–Crippen MR) is 51.3 cm³/mol. The van der Waals surface area contributed by atoms with Crippen molar-refractivity contribution in [1.82, 2.24) is 5.32 Å². The summed E-state index contributed by atoms with van der Waals surface area (Å²) in [4.78, 5) is 11.3. The zero-order valence-electron chi connectivity index (χ0n) is 8.25. The quantitative estimate of drug-likeness (QED) is 0.691. The van der Waals surface area contributed by atoms with E-state index in [-0.39, 0.29) is 5.91 Å². The van der Waals surface area contributed by atoms with Gasteiger partial charge in [-0.3, -0.25) is 4.79 Å². The molecule has 1 saturated carbocycles. The molecule has 0 aromatic rings. The first-order valence-corrected chi connectivity index (χ1v) is 5.22. The molecular formula is C10H19NO2. The normalized spacial score (nSPS) is 20.2. The highest BCUT2D eigenvalue weighted by Gasteiger charge is 2.20. The van der Waals surface area contributed by atoms with E-state index in [1.165, 1.54) is 12.8 Å². The Kier molecular flexibility index (Phi) is 4.22. The third-order valence-electron chi connectivity index (χ3n) is 2.57. The maximum absolute atomic E-state index is 11.3. The molecule has 0 aromatic carbocycles. The average molecular weight is 185 g/mol. The van der Waals surface area contributed by atoms with E-state index in [4.69, 9.17) is 0 Å². The first-order valence-electron chi connectivity index (χ1n) is 5.22. The lowest BCUT2D eigenvalue weighted by Crippen LogP contribution is -2.40. The van der Waals surface area contributed by atoms with Gasteiger partial charge < -0.3 is 10.4 Å². The van der Waals surface area contributed by atoms with Gasteiger partial charge in [0.25, 0.3) is 0 Å². The summed E-state index contributed by atoms with van der Waals surface area (Å²) >= 11 is 0. The Morgan fingerprint density at radius 2 is 2.15 bits per heavy atom. The topological polar surface area (TPSA) is 49.3 Å². The van der Waals surface area contributed by atoms with Gasteiger partial charge in [0.1, 0.15) is 6.10 Å². The highest BCUT2D eigenvalue weighted by atomic mass is 16.3. The van der Waals surface area contributed by atoms with Gasteiger partial charge in [-0.05, 0) is 19.3 Å². The minimum Gasteiger partial charge on any atom is -0.383 e. The number of aliphatic hydroxyl groups excluding tert-OH is 1. The van der Waals surface area contributed by atoms with E-state index in [0.717, 1.165) is 19.3 Å². The van der Waals surface area contributed by atoms with Crippen LogP contribution in [0.2, 0.25) is 0 Å². The van der Waals surface area contributed by atoms with Crippen molar-refractivity contribution in [2.45, 2.75) is 57.6 Å². The number of hydrogen-bond donors (Lipinski definition) is 2. The van der Waals surface area contributed by atoms with Gasteiger partial charge in [-0.2, -0.15) is 0 Å². The van der Waals surface area contributed by atoms with Crippen molar-refractivity contribution in [3.05, 3.63) is 0 Å². The molecule has 1 aliphatic rings. The number of nitrogens with one attached hydrogen (secondary N) is 1. The van der Waals surface area contributed by atoms with Crippen LogP contribution in [0.25, 0.3) is 0 Å². The molecule has 2 N–H and O–H groups in total. The van der Waals surface area contributed by atoms with E-state index in [1.54, 1.807) is 0 Å². The van der Waals surface area contributed by atoms with Crippen molar-refractivity contribution in [3.63, 3.8) is 0 Å². The Balaban J connectivity index is 2.22. The molecule has 0 radical (unpaired) electrons. The molecule has 0 bridgehead atoms. The van der Waals surface area contributed by atoms with E-state index in [2.05, 4.69) is 5.32 Å². The van der Waals surface area contributed by atoms with E-state index < -0.39 is 6.10 Å². The fourth-order valence-electron chi connectivity index (χ4n) is 1.77. The Morgan fingerprint density at radius 3 is 2.69 bits per heavy atom. The van der Waals surface area contributed by atoms with E-state index in [9.17, 15) is 9.90 Å². The Labute approximate surface area is 79.5 Å². The SMILES string of the molecule is CCCC(O)C(=O)NC1CCCC1. The molecule has 3 nitrogen and oxygen atoms in total. The fourth-order valence-corrected chi connectivity index (χ4v) is 1.77. The summed E-state index contributed by atoms with van der Waals surface area (Å²) in [7, 11) is 0. The molecule has 0 spiro atoms. The molecule has 13 heavy (non-hydrogen) atoms. The average Bonchev–Trinajstić information content (AvgIpc) is 2.57. The Hall–Kier alpha value is -0.570. The zero-order chi connectivity index (χ0) is 9.68. The minimum atomic E-state index is -0.800. The molecular weight excluding hydrogens is 166 g/mol. The first-order chi connectivity index (χ1) is 6.24. The number of carbonyl (C=O) groups is 1. The van der Waals surface area contributed by atoms with E-state index in [0.29, 0.717) is 12.5 Å². The number of carbonyl (C=O) groups excluding carboxylic acids is 1. The van der Waals surface area contributed by atoms with Crippen molar-refractivity contribution in [2.75, 3.05) is 0 Å². The summed E-state index contributed by atoms with van der Waals surface area (Å²) in [5, 5.41) is 12.2. The highest BCUT2D eigenvalue weighted by Crippen LogP contribution is 2.17. The number of hydrogen-bond acceptors (Lipinski definition) is 2. The predicted octanol–water partition coefficient (Wildman–Crippen LogP) is 1.21. The monoisotopic (exact) mass is 185 g/mol. The largest absolute Gasteiger partial charge is 0.383 e. The van der Waals surface area contributed by atoms with Crippen LogP contribution in [0.5, 0.6) is 0 Å². The van der Waals surface area contributed by atoms with Crippen LogP contribution >= 0.6 is 0 Å². The van der Waals surface area contributed by atoms with E-state index in [1.807, 2.05) is 6.92 Å². The van der Waals surface area contributed by atoms with Gasteiger partial charge >= 0.3 is 0 Å². The van der Waals surface area contributed by atoms with Gasteiger partial charge in [0, 0.05) is 6.04 Å². The van der Waals surface area contributed by atoms with E-state index >= 15 is 0 Å². The third kappa shape index (κ3) is 3.35. The van der Waals surface area contributed by atoms with Crippen molar-refractivity contribution in [1.29, 1.82) is 0 Å². The minimum absolute atomic E-state index is 0.186. The molecule has 1 atom stereocenters. The van der Waals surface area contributed by atoms with Crippen molar-refractivity contribution in [2.24, 2.45) is 0 Å². The highest BCUT2D eigenvalue weighted by molar-refractivity contribution is 5.80. The Morgan fingerprint density at radius 1 is 1.54 bits per heavy atom. The second-order valence-corrected chi connectivity index (χ2v) is 3.79. The standard InChI is InChI=1S/C10H19NO2/c1-2-5-9(12)10(13)11-8-6-3-4-7-8/h8-9,12H,2-7H2,1H3,(H,11,13). The molecule has 0 aromatic heterocycles. The van der Waals surface area contributed by atoms with Crippen LogP contribution in [0.15, 0.2) is 0 Å².